The van der Waals surface area contributed by atoms with Gasteiger partial charge in [0.25, 0.3) is 0 Å². The molecule has 2 rings (SSSR count). The number of aliphatic carboxylic acids is 2. The van der Waals surface area contributed by atoms with Gasteiger partial charge < -0.3 is 20.4 Å². The molecule has 0 heterocycles. The topological polar surface area (TPSA) is 107 Å². The first kappa shape index (κ1) is 22.9. The van der Waals surface area contributed by atoms with Gasteiger partial charge in [0.05, 0.1) is 6.42 Å². The Balaban J connectivity index is 2.06. The molecule has 1 unspecified atom stereocenters. The lowest BCUT2D eigenvalue weighted by Gasteiger charge is -2.26. The molecular weight excluding hydrogens is 384 g/mol. The summed E-state index contributed by atoms with van der Waals surface area (Å²) < 4.78 is 0. The van der Waals surface area contributed by atoms with Crippen LogP contribution in [0.2, 0.25) is 0 Å². The third kappa shape index (κ3) is 7.24. The number of carboxylic acids is 2. The molecule has 0 fully saturated rings. The molecule has 0 aliphatic carbocycles. The fraction of sp³-hybridized carbons (Fsp3) is 0.348. The molecule has 7 heteroatoms. The summed E-state index contributed by atoms with van der Waals surface area (Å²) in [5, 5.41) is 21.0. The van der Waals surface area contributed by atoms with Gasteiger partial charge in [-0.2, -0.15) is 0 Å². The number of carboxylic acid groups (broad SMARTS) is 2. The van der Waals surface area contributed by atoms with Crippen molar-refractivity contribution in [1.29, 1.82) is 0 Å². The number of benzene rings is 2. The van der Waals surface area contributed by atoms with E-state index in [9.17, 15) is 19.5 Å². The highest BCUT2D eigenvalue weighted by atomic mass is 16.4. The maximum absolute atomic E-state index is 12.6. The highest BCUT2D eigenvalue weighted by Crippen LogP contribution is 2.19. The first-order chi connectivity index (χ1) is 14.3. The number of hydrogen-bond donors (Lipinski definition) is 3. The summed E-state index contributed by atoms with van der Waals surface area (Å²) >= 11 is 0. The molecule has 0 aromatic heterocycles. The minimum atomic E-state index is -1.14. The minimum Gasteiger partial charge on any atom is -0.481 e. The summed E-state index contributed by atoms with van der Waals surface area (Å²) in [7, 11) is 0. The van der Waals surface area contributed by atoms with Crippen molar-refractivity contribution in [3.8, 4) is 11.1 Å². The molecule has 2 aromatic carbocycles. The van der Waals surface area contributed by atoms with E-state index in [1.165, 1.54) is 4.90 Å². The van der Waals surface area contributed by atoms with Gasteiger partial charge in [0, 0.05) is 19.5 Å². The zero-order chi connectivity index (χ0) is 22.1. The van der Waals surface area contributed by atoms with Gasteiger partial charge >= 0.3 is 18.0 Å². The van der Waals surface area contributed by atoms with Crippen LogP contribution in [0.5, 0.6) is 0 Å². The second-order valence-electron chi connectivity index (χ2n) is 7.59. The Labute approximate surface area is 176 Å². The van der Waals surface area contributed by atoms with Gasteiger partial charge in [-0.1, -0.05) is 68.4 Å². The Bertz CT molecular complexity index is 850. The molecule has 0 radical (unpaired) electrons. The van der Waals surface area contributed by atoms with Crippen LogP contribution in [0.15, 0.2) is 54.6 Å². The van der Waals surface area contributed by atoms with Gasteiger partial charge in [-0.05, 0) is 22.6 Å². The normalized spacial score (nSPS) is 11.7. The Morgan fingerprint density at radius 3 is 2.07 bits per heavy atom. The third-order valence-corrected chi connectivity index (χ3v) is 4.57. The molecule has 3 N–H and O–H groups in total. The molecule has 2 aromatic rings. The molecule has 1 atom stereocenters. The standard InChI is InChI=1S/C23H28N2O5/c1-16(2)15-25(13-12-21(26)27)23(30)24-20(22(28)29)14-17-8-10-19(11-9-17)18-6-4-3-5-7-18/h3-11,16,20H,12-15H2,1-2H3,(H,24,30)(H,26,27)(H,28,29). The number of urea groups is 1. The molecule has 2 amide bonds. The Morgan fingerprint density at radius 2 is 1.53 bits per heavy atom. The van der Waals surface area contributed by atoms with E-state index >= 15 is 0 Å². The van der Waals surface area contributed by atoms with Crippen molar-refractivity contribution < 1.29 is 24.6 Å². The fourth-order valence-corrected chi connectivity index (χ4v) is 3.09. The zero-order valence-electron chi connectivity index (χ0n) is 17.2. The van der Waals surface area contributed by atoms with Gasteiger partial charge in [-0.15, -0.1) is 0 Å². The average molecular weight is 412 g/mol. The molecule has 0 aliphatic rings. The van der Waals surface area contributed by atoms with E-state index in [0.717, 1.165) is 16.7 Å². The summed E-state index contributed by atoms with van der Waals surface area (Å²) in [6.45, 7) is 4.18. The summed E-state index contributed by atoms with van der Waals surface area (Å²) in [5.74, 6) is -2.03. The number of carbonyl (C=O) groups excluding carboxylic acids is 1. The van der Waals surface area contributed by atoms with Gasteiger partial charge in [-0.25, -0.2) is 9.59 Å². The molecule has 0 saturated carbocycles. The van der Waals surface area contributed by atoms with Crippen molar-refractivity contribution in [2.24, 2.45) is 5.92 Å². The number of amides is 2. The highest BCUT2D eigenvalue weighted by Gasteiger charge is 2.24. The van der Waals surface area contributed by atoms with E-state index in [0.29, 0.717) is 6.54 Å². The maximum atomic E-state index is 12.6. The Kier molecular flexibility index (Phi) is 8.41. The van der Waals surface area contributed by atoms with Crippen LogP contribution in [0.25, 0.3) is 11.1 Å². The first-order valence-corrected chi connectivity index (χ1v) is 9.90. The van der Waals surface area contributed by atoms with Gasteiger partial charge in [0.1, 0.15) is 6.04 Å². The molecule has 160 valence electrons. The molecule has 0 aliphatic heterocycles. The largest absolute Gasteiger partial charge is 0.481 e. The minimum absolute atomic E-state index is 0.0253. The van der Waals surface area contributed by atoms with Crippen LogP contribution in [0.3, 0.4) is 0 Å². The second kappa shape index (κ2) is 11.0. The quantitative estimate of drug-likeness (QED) is 0.554. The summed E-state index contributed by atoms with van der Waals surface area (Å²) in [5.41, 5.74) is 2.87. The highest BCUT2D eigenvalue weighted by molar-refractivity contribution is 5.83. The van der Waals surface area contributed by atoms with Crippen molar-refractivity contribution in [2.45, 2.75) is 32.7 Å². The van der Waals surface area contributed by atoms with E-state index < -0.39 is 24.0 Å². The van der Waals surface area contributed by atoms with Crippen LogP contribution >= 0.6 is 0 Å². The molecule has 0 bridgehead atoms. The number of hydrogen-bond acceptors (Lipinski definition) is 3. The van der Waals surface area contributed by atoms with Crippen LogP contribution in [0, 0.1) is 5.92 Å². The lowest BCUT2D eigenvalue weighted by molar-refractivity contribution is -0.139. The monoisotopic (exact) mass is 412 g/mol. The van der Waals surface area contributed by atoms with Crippen molar-refractivity contribution in [3.63, 3.8) is 0 Å². The lowest BCUT2D eigenvalue weighted by atomic mass is 10.0. The Morgan fingerprint density at radius 1 is 0.933 bits per heavy atom. The summed E-state index contributed by atoms with van der Waals surface area (Å²) in [4.78, 5) is 36.5. The van der Waals surface area contributed by atoms with Gasteiger partial charge in [0.2, 0.25) is 0 Å². The third-order valence-electron chi connectivity index (χ3n) is 4.57. The predicted molar refractivity (Wildman–Crippen MR) is 114 cm³/mol. The summed E-state index contributed by atoms with van der Waals surface area (Å²) in [6, 6.07) is 15.7. The van der Waals surface area contributed by atoms with Crippen molar-refractivity contribution in [1.82, 2.24) is 10.2 Å². The van der Waals surface area contributed by atoms with Crippen LogP contribution < -0.4 is 5.32 Å². The molecule has 7 nitrogen and oxygen atoms in total. The molecular formula is C23H28N2O5. The maximum Gasteiger partial charge on any atom is 0.326 e. The van der Waals surface area contributed by atoms with E-state index in [4.69, 9.17) is 5.11 Å². The zero-order valence-corrected chi connectivity index (χ0v) is 17.2. The predicted octanol–water partition coefficient (Wildman–Crippen LogP) is 3.49. The number of carbonyl (C=O) groups is 3. The summed E-state index contributed by atoms with van der Waals surface area (Å²) in [6.07, 6.45) is -0.0661. The van der Waals surface area contributed by atoms with Crippen molar-refractivity contribution >= 4 is 18.0 Å². The van der Waals surface area contributed by atoms with Crippen LogP contribution in [-0.4, -0.2) is 52.2 Å². The SMILES string of the molecule is CC(C)CN(CCC(=O)O)C(=O)NC(Cc1ccc(-c2ccccc2)cc1)C(=O)O. The van der Waals surface area contributed by atoms with E-state index in [-0.39, 0.29) is 25.3 Å². The lowest BCUT2D eigenvalue weighted by Crippen LogP contribution is -2.50. The smallest absolute Gasteiger partial charge is 0.326 e. The van der Waals surface area contributed by atoms with Crippen LogP contribution in [0.1, 0.15) is 25.8 Å². The van der Waals surface area contributed by atoms with Crippen LogP contribution in [0.4, 0.5) is 4.79 Å². The number of nitrogens with one attached hydrogen (secondary N) is 1. The molecule has 0 saturated heterocycles. The fourth-order valence-electron chi connectivity index (χ4n) is 3.09. The van der Waals surface area contributed by atoms with Crippen LogP contribution in [-0.2, 0) is 16.0 Å². The molecule has 0 spiro atoms. The van der Waals surface area contributed by atoms with Gasteiger partial charge in [-0.3, -0.25) is 4.79 Å². The average Bonchev–Trinajstić information content (AvgIpc) is 2.71. The van der Waals surface area contributed by atoms with Gasteiger partial charge in [0.15, 0.2) is 0 Å². The second-order valence-corrected chi connectivity index (χ2v) is 7.59. The molecule has 30 heavy (non-hydrogen) atoms. The number of nitrogens with zero attached hydrogens (tertiary/aromatic N) is 1. The van der Waals surface area contributed by atoms with E-state index in [2.05, 4.69) is 5.32 Å². The Hall–Kier alpha value is -3.35. The van der Waals surface area contributed by atoms with E-state index in [1.54, 1.807) is 0 Å². The number of rotatable bonds is 10. The van der Waals surface area contributed by atoms with Crippen molar-refractivity contribution in [3.05, 3.63) is 60.2 Å². The van der Waals surface area contributed by atoms with Crippen molar-refractivity contribution in [2.75, 3.05) is 13.1 Å². The van der Waals surface area contributed by atoms with E-state index in [1.807, 2.05) is 68.4 Å². The first-order valence-electron chi connectivity index (χ1n) is 9.90.